The molecule has 0 aromatic heterocycles. The van der Waals surface area contributed by atoms with Gasteiger partial charge < -0.3 is 15.4 Å². The van der Waals surface area contributed by atoms with Crippen LogP contribution < -0.4 is 5.73 Å². The molecule has 2 N–H and O–H groups in total. The molecule has 0 heterocycles. The molecule has 1 aromatic carbocycles. The van der Waals surface area contributed by atoms with Crippen molar-refractivity contribution in [1.29, 1.82) is 0 Å². The molecule has 1 atom stereocenters. The Balaban J connectivity index is 2.79. The minimum Gasteiger partial charge on any atom is -0.468 e. The van der Waals surface area contributed by atoms with Gasteiger partial charge in [-0.15, -0.1) is 0 Å². The minimum atomic E-state index is -0.576. The topological polar surface area (TPSA) is 72.6 Å². The molecular formula is C15H22N2O3. The van der Waals surface area contributed by atoms with Crippen LogP contribution in [0.2, 0.25) is 0 Å². The summed E-state index contributed by atoms with van der Waals surface area (Å²) in [5.41, 5.74) is 6.81. The maximum Gasteiger partial charge on any atom is 0.325 e. The van der Waals surface area contributed by atoms with Gasteiger partial charge in [0.2, 0.25) is 5.91 Å². The summed E-state index contributed by atoms with van der Waals surface area (Å²) >= 11 is 0. The number of carbonyl (C=O) groups is 2. The predicted octanol–water partition coefficient (Wildman–Crippen LogP) is 1.32. The number of esters is 1. The number of nitrogens with two attached hydrogens (primary N) is 1. The quantitative estimate of drug-likeness (QED) is 0.763. The first-order valence-corrected chi connectivity index (χ1v) is 6.73. The van der Waals surface area contributed by atoms with Crippen LogP contribution in [0.25, 0.3) is 0 Å². The van der Waals surface area contributed by atoms with Gasteiger partial charge in [0, 0.05) is 6.54 Å². The molecule has 0 fully saturated rings. The second-order valence-electron chi connectivity index (χ2n) is 4.65. The van der Waals surface area contributed by atoms with Gasteiger partial charge in [0.15, 0.2) is 0 Å². The zero-order valence-corrected chi connectivity index (χ0v) is 12.0. The third-order valence-corrected chi connectivity index (χ3v) is 2.99. The SMILES string of the molecule is CCC[C@@H](N)C(=O)N(CC(=O)OC)Cc1ccccc1. The molecule has 110 valence electrons. The van der Waals surface area contributed by atoms with Gasteiger partial charge in [0.05, 0.1) is 13.2 Å². The Labute approximate surface area is 119 Å². The van der Waals surface area contributed by atoms with Gasteiger partial charge in [-0.3, -0.25) is 9.59 Å². The molecule has 1 amide bonds. The highest BCUT2D eigenvalue weighted by Gasteiger charge is 2.23. The van der Waals surface area contributed by atoms with E-state index in [4.69, 9.17) is 5.73 Å². The lowest BCUT2D eigenvalue weighted by Gasteiger charge is -2.24. The van der Waals surface area contributed by atoms with Gasteiger partial charge in [0.25, 0.3) is 0 Å². The smallest absolute Gasteiger partial charge is 0.325 e. The minimum absolute atomic E-state index is 0.0817. The number of hydrogen-bond donors (Lipinski definition) is 1. The Bertz CT molecular complexity index is 434. The number of ether oxygens (including phenoxy) is 1. The zero-order valence-electron chi connectivity index (χ0n) is 12.0. The molecule has 5 nitrogen and oxygen atoms in total. The molecule has 0 saturated carbocycles. The second-order valence-corrected chi connectivity index (χ2v) is 4.65. The molecule has 0 spiro atoms. The van der Waals surface area contributed by atoms with E-state index in [0.29, 0.717) is 13.0 Å². The summed E-state index contributed by atoms with van der Waals surface area (Å²) in [6.07, 6.45) is 1.43. The van der Waals surface area contributed by atoms with Gasteiger partial charge >= 0.3 is 5.97 Å². The van der Waals surface area contributed by atoms with Crippen LogP contribution in [0, 0.1) is 0 Å². The molecule has 0 aliphatic heterocycles. The normalized spacial score (nSPS) is 11.8. The van der Waals surface area contributed by atoms with Crippen LogP contribution in [0.3, 0.4) is 0 Å². The first kappa shape index (κ1) is 16.2. The van der Waals surface area contributed by atoms with Crippen molar-refractivity contribution in [3.05, 3.63) is 35.9 Å². The van der Waals surface area contributed by atoms with Gasteiger partial charge in [-0.2, -0.15) is 0 Å². The molecule has 1 rings (SSSR count). The highest BCUT2D eigenvalue weighted by Crippen LogP contribution is 2.08. The van der Waals surface area contributed by atoms with E-state index in [1.54, 1.807) is 0 Å². The predicted molar refractivity (Wildman–Crippen MR) is 76.8 cm³/mol. The fourth-order valence-electron chi connectivity index (χ4n) is 1.90. The average Bonchev–Trinajstić information content (AvgIpc) is 2.47. The van der Waals surface area contributed by atoms with Crippen LogP contribution in [-0.4, -0.2) is 36.5 Å². The molecule has 0 bridgehead atoms. The molecule has 20 heavy (non-hydrogen) atoms. The molecule has 1 aromatic rings. The molecule has 0 radical (unpaired) electrons. The van der Waals surface area contributed by atoms with Crippen molar-refractivity contribution in [2.75, 3.05) is 13.7 Å². The first-order valence-electron chi connectivity index (χ1n) is 6.73. The lowest BCUT2D eigenvalue weighted by atomic mass is 10.1. The van der Waals surface area contributed by atoms with E-state index in [1.165, 1.54) is 12.0 Å². The Morgan fingerprint density at radius 1 is 1.30 bits per heavy atom. The first-order chi connectivity index (χ1) is 9.58. The van der Waals surface area contributed by atoms with Gasteiger partial charge in [-0.25, -0.2) is 0 Å². The highest BCUT2D eigenvalue weighted by atomic mass is 16.5. The van der Waals surface area contributed by atoms with Gasteiger partial charge in [-0.05, 0) is 12.0 Å². The number of methoxy groups -OCH3 is 1. The summed E-state index contributed by atoms with van der Waals surface area (Å²) in [6.45, 7) is 2.24. The van der Waals surface area contributed by atoms with E-state index >= 15 is 0 Å². The summed E-state index contributed by atoms with van der Waals surface area (Å²) in [5.74, 6) is -0.668. The molecule has 0 unspecified atom stereocenters. The van der Waals surface area contributed by atoms with Gasteiger partial charge in [0.1, 0.15) is 6.54 Å². The number of benzene rings is 1. The summed E-state index contributed by atoms with van der Waals surface area (Å²) in [4.78, 5) is 25.2. The summed E-state index contributed by atoms with van der Waals surface area (Å²) in [7, 11) is 1.31. The molecule has 0 saturated heterocycles. The van der Waals surface area contributed by atoms with Crippen LogP contribution in [0.5, 0.6) is 0 Å². The van der Waals surface area contributed by atoms with Crippen molar-refractivity contribution in [1.82, 2.24) is 4.90 Å². The second kappa shape index (κ2) is 8.32. The van der Waals surface area contributed by atoms with Crippen molar-refractivity contribution in [2.24, 2.45) is 5.73 Å². The maximum atomic E-state index is 12.3. The number of hydrogen-bond acceptors (Lipinski definition) is 4. The lowest BCUT2D eigenvalue weighted by Crippen LogP contribution is -2.45. The zero-order chi connectivity index (χ0) is 15.0. The van der Waals surface area contributed by atoms with Crippen LogP contribution in [0.4, 0.5) is 0 Å². The fraction of sp³-hybridized carbons (Fsp3) is 0.467. The molecule has 0 aliphatic rings. The Morgan fingerprint density at radius 3 is 2.50 bits per heavy atom. The van der Waals surface area contributed by atoms with E-state index < -0.39 is 12.0 Å². The summed E-state index contributed by atoms with van der Waals surface area (Å²) in [6, 6.07) is 8.92. The van der Waals surface area contributed by atoms with Crippen LogP contribution in [-0.2, 0) is 20.9 Å². The third kappa shape index (κ3) is 5.01. The van der Waals surface area contributed by atoms with E-state index in [1.807, 2.05) is 37.3 Å². The van der Waals surface area contributed by atoms with E-state index in [9.17, 15) is 9.59 Å². The number of carbonyl (C=O) groups excluding carboxylic acids is 2. The van der Waals surface area contributed by atoms with E-state index in [2.05, 4.69) is 4.74 Å². The van der Waals surface area contributed by atoms with Crippen LogP contribution >= 0.6 is 0 Å². The van der Waals surface area contributed by atoms with Crippen LogP contribution in [0.15, 0.2) is 30.3 Å². The molecule has 0 aliphatic carbocycles. The van der Waals surface area contributed by atoms with Crippen molar-refractivity contribution < 1.29 is 14.3 Å². The molecule has 5 heteroatoms. The standard InChI is InChI=1S/C15H22N2O3/c1-3-7-13(16)15(19)17(11-14(18)20-2)10-12-8-5-4-6-9-12/h4-6,8-9,13H,3,7,10-11,16H2,1-2H3/t13-/m1/s1. The van der Waals surface area contributed by atoms with Crippen molar-refractivity contribution in [2.45, 2.75) is 32.4 Å². The van der Waals surface area contributed by atoms with E-state index in [-0.39, 0.29) is 12.5 Å². The number of nitrogens with zero attached hydrogens (tertiary/aromatic N) is 1. The van der Waals surface area contributed by atoms with Crippen molar-refractivity contribution >= 4 is 11.9 Å². The van der Waals surface area contributed by atoms with Gasteiger partial charge in [-0.1, -0.05) is 43.7 Å². The summed E-state index contributed by atoms with van der Waals surface area (Å²) in [5, 5.41) is 0. The third-order valence-electron chi connectivity index (χ3n) is 2.99. The number of amides is 1. The highest BCUT2D eigenvalue weighted by molar-refractivity contribution is 5.85. The van der Waals surface area contributed by atoms with Crippen LogP contribution in [0.1, 0.15) is 25.3 Å². The van der Waals surface area contributed by atoms with E-state index in [0.717, 1.165) is 12.0 Å². The average molecular weight is 278 g/mol. The maximum absolute atomic E-state index is 12.3. The van der Waals surface area contributed by atoms with Crippen molar-refractivity contribution in [3.63, 3.8) is 0 Å². The Morgan fingerprint density at radius 2 is 1.95 bits per heavy atom. The fourth-order valence-corrected chi connectivity index (χ4v) is 1.90. The largest absolute Gasteiger partial charge is 0.468 e. The Hall–Kier alpha value is -1.88. The summed E-state index contributed by atoms with van der Waals surface area (Å²) < 4.78 is 4.63. The van der Waals surface area contributed by atoms with Crippen molar-refractivity contribution in [3.8, 4) is 0 Å². The molecular weight excluding hydrogens is 256 g/mol. The number of rotatable bonds is 7. The Kier molecular flexibility index (Phi) is 6.73. The monoisotopic (exact) mass is 278 g/mol. The lowest BCUT2D eigenvalue weighted by molar-refractivity contribution is -0.147.